The first kappa shape index (κ1) is 20.4. The molecule has 1 saturated heterocycles. The molecule has 7 heteroatoms. The molecule has 0 bridgehead atoms. The van der Waals surface area contributed by atoms with E-state index in [1.165, 1.54) is 0 Å². The highest BCUT2D eigenvalue weighted by Crippen LogP contribution is 2.28. The molecule has 0 atom stereocenters. The maximum atomic E-state index is 13.1. The van der Waals surface area contributed by atoms with Crippen LogP contribution in [-0.4, -0.2) is 42.3 Å². The smallest absolute Gasteiger partial charge is 0.268 e. The normalized spacial score (nSPS) is 25.5. The average Bonchev–Trinajstić information content (AvgIpc) is 2.93. The Morgan fingerprint density at radius 3 is 2.19 bits per heavy atom. The van der Waals surface area contributed by atoms with E-state index in [9.17, 15) is 13.2 Å². The number of piperidine rings is 1. The van der Waals surface area contributed by atoms with Gasteiger partial charge >= 0.3 is 0 Å². The van der Waals surface area contributed by atoms with Crippen molar-refractivity contribution >= 4 is 15.9 Å². The van der Waals surface area contributed by atoms with E-state index in [0.717, 1.165) is 44.4 Å². The lowest BCUT2D eigenvalue weighted by atomic mass is 9.87. The van der Waals surface area contributed by atoms with Crippen molar-refractivity contribution in [1.29, 1.82) is 0 Å². The van der Waals surface area contributed by atoms with E-state index in [4.69, 9.17) is 0 Å². The molecule has 1 aliphatic heterocycles. The van der Waals surface area contributed by atoms with Crippen LogP contribution in [0, 0.1) is 18.8 Å². The Kier molecular flexibility index (Phi) is 6.01. The van der Waals surface area contributed by atoms with Crippen molar-refractivity contribution in [3.05, 3.63) is 17.5 Å². The fourth-order valence-electron chi connectivity index (χ4n) is 4.18. The van der Waals surface area contributed by atoms with Crippen molar-refractivity contribution in [3.8, 4) is 0 Å². The third-order valence-corrected chi connectivity index (χ3v) is 8.45. The van der Waals surface area contributed by atoms with Gasteiger partial charge in [0.05, 0.1) is 0 Å². The molecule has 0 radical (unpaired) electrons. The van der Waals surface area contributed by atoms with Crippen molar-refractivity contribution in [1.82, 2.24) is 14.2 Å². The van der Waals surface area contributed by atoms with Crippen LogP contribution in [0.3, 0.4) is 0 Å². The molecule has 1 saturated carbocycles. The van der Waals surface area contributed by atoms with E-state index in [-0.39, 0.29) is 16.8 Å². The second-order valence-corrected chi connectivity index (χ2v) is 10.5. The van der Waals surface area contributed by atoms with Crippen LogP contribution >= 0.6 is 0 Å². The SMILES string of the molecule is Cc1c(S(=O)(=O)N2CCC(C)CC2)cc(C(=O)NC2CCC(C)CC2)n1C. The minimum atomic E-state index is -3.56. The molecule has 1 aromatic rings. The summed E-state index contributed by atoms with van der Waals surface area (Å²) in [6.07, 6.45) is 6.02. The number of amides is 1. The molecular formula is C20H33N3O3S. The number of carbonyl (C=O) groups is 1. The summed E-state index contributed by atoms with van der Waals surface area (Å²) in [5, 5.41) is 3.11. The number of nitrogens with one attached hydrogen (secondary N) is 1. The summed E-state index contributed by atoms with van der Waals surface area (Å²) in [7, 11) is -1.79. The van der Waals surface area contributed by atoms with Gasteiger partial charge in [0.15, 0.2) is 0 Å². The van der Waals surface area contributed by atoms with Gasteiger partial charge in [-0.1, -0.05) is 13.8 Å². The fraction of sp³-hybridized carbons (Fsp3) is 0.750. The Morgan fingerprint density at radius 1 is 1.04 bits per heavy atom. The number of hydrogen-bond donors (Lipinski definition) is 1. The molecule has 2 heterocycles. The highest BCUT2D eigenvalue weighted by molar-refractivity contribution is 7.89. The second-order valence-electron chi connectivity index (χ2n) is 8.56. The van der Waals surface area contributed by atoms with Gasteiger partial charge in [-0.05, 0) is 63.4 Å². The summed E-state index contributed by atoms with van der Waals surface area (Å²) in [5.74, 6) is 1.11. The summed E-state index contributed by atoms with van der Waals surface area (Å²) in [6.45, 7) is 7.29. The van der Waals surface area contributed by atoms with Gasteiger partial charge in [-0.2, -0.15) is 4.31 Å². The van der Waals surface area contributed by atoms with Gasteiger partial charge in [-0.3, -0.25) is 4.79 Å². The van der Waals surface area contributed by atoms with Gasteiger partial charge in [0, 0.05) is 31.9 Å². The average molecular weight is 396 g/mol. The van der Waals surface area contributed by atoms with Crippen molar-refractivity contribution in [2.75, 3.05) is 13.1 Å². The predicted molar refractivity (Wildman–Crippen MR) is 106 cm³/mol. The van der Waals surface area contributed by atoms with E-state index in [1.807, 2.05) is 0 Å². The van der Waals surface area contributed by atoms with Gasteiger partial charge in [0.2, 0.25) is 10.0 Å². The van der Waals surface area contributed by atoms with Gasteiger partial charge in [0.25, 0.3) is 5.91 Å². The molecule has 152 valence electrons. The van der Waals surface area contributed by atoms with Crippen LogP contribution < -0.4 is 5.32 Å². The van der Waals surface area contributed by atoms with Crippen LogP contribution in [0.2, 0.25) is 0 Å². The predicted octanol–water partition coefficient (Wildman–Crippen LogP) is 3.06. The monoisotopic (exact) mass is 395 g/mol. The zero-order chi connectivity index (χ0) is 19.8. The van der Waals surface area contributed by atoms with Crippen LogP contribution in [0.4, 0.5) is 0 Å². The highest BCUT2D eigenvalue weighted by atomic mass is 32.2. The van der Waals surface area contributed by atoms with Crippen molar-refractivity contribution in [3.63, 3.8) is 0 Å². The molecule has 1 N–H and O–H groups in total. The second kappa shape index (κ2) is 7.95. The van der Waals surface area contributed by atoms with Crippen molar-refractivity contribution in [2.24, 2.45) is 18.9 Å². The summed E-state index contributed by atoms with van der Waals surface area (Å²) < 4.78 is 29.5. The molecule has 2 aliphatic rings. The van der Waals surface area contributed by atoms with E-state index in [1.54, 1.807) is 28.9 Å². The molecule has 6 nitrogen and oxygen atoms in total. The Hall–Kier alpha value is -1.34. The lowest BCUT2D eigenvalue weighted by Gasteiger charge is -2.29. The van der Waals surface area contributed by atoms with E-state index < -0.39 is 10.0 Å². The van der Waals surface area contributed by atoms with Crippen LogP contribution in [-0.2, 0) is 17.1 Å². The van der Waals surface area contributed by atoms with Crippen LogP contribution in [0.15, 0.2) is 11.0 Å². The number of sulfonamides is 1. The quantitative estimate of drug-likeness (QED) is 0.852. The Balaban J connectivity index is 1.78. The van der Waals surface area contributed by atoms with Crippen LogP contribution in [0.1, 0.15) is 68.6 Å². The molecular weight excluding hydrogens is 362 g/mol. The van der Waals surface area contributed by atoms with E-state index >= 15 is 0 Å². The summed E-state index contributed by atoms with van der Waals surface area (Å²) in [6, 6.07) is 1.75. The minimum absolute atomic E-state index is 0.172. The maximum absolute atomic E-state index is 13.1. The molecule has 27 heavy (non-hydrogen) atoms. The fourth-order valence-corrected chi connectivity index (χ4v) is 5.92. The largest absolute Gasteiger partial charge is 0.348 e. The van der Waals surface area contributed by atoms with Crippen LogP contribution in [0.25, 0.3) is 0 Å². The topological polar surface area (TPSA) is 71.4 Å². The Labute approximate surface area is 163 Å². The minimum Gasteiger partial charge on any atom is -0.348 e. The van der Waals surface area contributed by atoms with Gasteiger partial charge < -0.3 is 9.88 Å². The first-order valence-electron chi connectivity index (χ1n) is 10.2. The molecule has 2 fully saturated rings. The number of aromatic nitrogens is 1. The molecule has 3 rings (SSSR count). The van der Waals surface area contributed by atoms with Gasteiger partial charge in [0.1, 0.15) is 10.6 Å². The van der Waals surface area contributed by atoms with Crippen molar-refractivity contribution in [2.45, 2.75) is 70.2 Å². The first-order chi connectivity index (χ1) is 12.7. The Bertz CT molecular complexity index is 784. The molecule has 0 aromatic carbocycles. The number of rotatable bonds is 4. The number of nitrogens with zero attached hydrogens (tertiary/aromatic N) is 2. The van der Waals surface area contributed by atoms with Crippen molar-refractivity contribution < 1.29 is 13.2 Å². The number of hydrogen-bond acceptors (Lipinski definition) is 3. The van der Waals surface area contributed by atoms with Crippen LogP contribution in [0.5, 0.6) is 0 Å². The third kappa shape index (κ3) is 4.24. The highest BCUT2D eigenvalue weighted by Gasteiger charge is 2.32. The molecule has 1 aromatic heterocycles. The summed E-state index contributed by atoms with van der Waals surface area (Å²) in [4.78, 5) is 13.1. The molecule has 1 amide bonds. The lowest BCUT2D eigenvalue weighted by molar-refractivity contribution is 0.0914. The molecule has 0 unspecified atom stereocenters. The molecule has 1 aliphatic carbocycles. The van der Waals surface area contributed by atoms with Gasteiger partial charge in [-0.15, -0.1) is 0 Å². The Morgan fingerprint density at radius 2 is 1.59 bits per heavy atom. The first-order valence-corrected chi connectivity index (χ1v) is 11.6. The standard InChI is InChI=1S/C20H33N3O3S/c1-14-5-7-17(8-6-14)21-20(24)18-13-19(16(3)22(18)4)27(25,26)23-11-9-15(2)10-12-23/h13-15,17H,5-12H2,1-4H3,(H,21,24). The zero-order valence-electron chi connectivity index (χ0n) is 17.0. The third-order valence-electron chi connectivity index (χ3n) is 6.43. The lowest BCUT2D eigenvalue weighted by Crippen LogP contribution is -2.38. The summed E-state index contributed by atoms with van der Waals surface area (Å²) in [5.41, 5.74) is 1.05. The maximum Gasteiger partial charge on any atom is 0.268 e. The number of carbonyl (C=O) groups excluding carboxylic acids is 1. The van der Waals surface area contributed by atoms with E-state index in [2.05, 4.69) is 19.2 Å². The molecule has 0 spiro atoms. The van der Waals surface area contributed by atoms with Gasteiger partial charge in [-0.25, -0.2) is 8.42 Å². The zero-order valence-corrected chi connectivity index (χ0v) is 17.8. The summed E-state index contributed by atoms with van der Waals surface area (Å²) >= 11 is 0. The van der Waals surface area contributed by atoms with E-state index in [0.29, 0.717) is 30.4 Å².